The van der Waals surface area contributed by atoms with Crippen molar-refractivity contribution in [3.63, 3.8) is 0 Å². The highest BCUT2D eigenvalue weighted by molar-refractivity contribution is 6.31. The standard InChI is InChI=1S/C12H9ClF3N5/c1-5-2-3-6(4-7(5)13)21-11-8(10(17)18-19-11)9(20-21)12(14,15)16/h2-4H,1H3,(H3,17,18,19). The number of anilines is 1. The van der Waals surface area contributed by atoms with Gasteiger partial charge in [-0.05, 0) is 24.6 Å². The molecule has 0 radical (unpaired) electrons. The molecule has 5 nitrogen and oxygen atoms in total. The molecule has 0 aliphatic rings. The molecule has 0 spiro atoms. The van der Waals surface area contributed by atoms with Crippen molar-refractivity contribution in [3.05, 3.63) is 34.5 Å². The van der Waals surface area contributed by atoms with E-state index in [4.69, 9.17) is 17.3 Å². The second kappa shape index (κ2) is 4.39. The highest BCUT2D eigenvalue weighted by Gasteiger charge is 2.39. The van der Waals surface area contributed by atoms with E-state index in [1.807, 2.05) is 0 Å². The van der Waals surface area contributed by atoms with E-state index in [1.54, 1.807) is 19.1 Å². The van der Waals surface area contributed by atoms with Gasteiger partial charge in [-0.2, -0.15) is 23.4 Å². The molecular weight excluding hydrogens is 307 g/mol. The molecule has 0 bridgehead atoms. The Bertz CT molecular complexity index is 833. The number of hydrogen-bond acceptors (Lipinski definition) is 3. The van der Waals surface area contributed by atoms with Crippen LogP contribution in [0.3, 0.4) is 0 Å². The molecule has 2 heterocycles. The van der Waals surface area contributed by atoms with E-state index in [9.17, 15) is 13.2 Å². The maximum Gasteiger partial charge on any atom is 0.436 e. The first-order valence-corrected chi connectivity index (χ1v) is 6.23. The minimum absolute atomic E-state index is 0.000236. The number of nitrogens with zero attached hydrogens (tertiary/aromatic N) is 3. The topological polar surface area (TPSA) is 72.5 Å². The number of fused-ring (bicyclic) bond motifs is 1. The Morgan fingerprint density at radius 3 is 2.67 bits per heavy atom. The number of hydrogen-bond donors (Lipinski definition) is 2. The fourth-order valence-electron chi connectivity index (χ4n) is 2.02. The van der Waals surface area contributed by atoms with Gasteiger partial charge in [0.25, 0.3) is 0 Å². The number of rotatable bonds is 1. The molecule has 2 aromatic heterocycles. The second-order valence-corrected chi connectivity index (χ2v) is 4.93. The molecule has 21 heavy (non-hydrogen) atoms. The highest BCUT2D eigenvalue weighted by atomic mass is 35.5. The van der Waals surface area contributed by atoms with Crippen molar-refractivity contribution in [3.8, 4) is 5.69 Å². The lowest BCUT2D eigenvalue weighted by molar-refractivity contribution is -0.140. The fourth-order valence-corrected chi connectivity index (χ4v) is 2.20. The van der Waals surface area contributed by atoms with Crippen LogP contribution in [0.4, 0.5) is 19.0 Å². The van der Waals surface area contributed by atoms with Crippen molar-refractivity contribution < 1.29 is 13.2 Å². The van der Waals surface area contributed by atoms with Crippen molar-refractivity contribution in [2.75, 3.05) is 5.73 Å². The highest BCUT2D eigenvalue weighted by Crippen LogP contribution is 2.36. The first-order valence-electron chi connectivity index (χ1n) is 5.85. The van der Waals surface area contributed by atoms with Crippen LogP contribution in [-0.4, -0.2) is 20.0 Å². The summed E-state index contributed by atoms with van der Waals surface area (Å²) in [6.45, 7) is 1.79. The Balaban J connectivity index is 2.31. The molecule has 9 heteroatoms. The van der Waals surface area contributed by atoms with Gasteiger partial charge in [0.2, 0.25) is 0 Å². The summed E-state index contributed by atoms with van der Waals surface area (Å²) < 4.78 is 40.2. The summed E-state index contributed by atoms with van der Waals surface area (Å²) in [4.78, 5) is 0. The van der Waals surface area contributed by atoms with Crippen molar-refractivity contribution in [1.82, 2.24) is 20.0 Å². The molecule has 0 saturated carbocycles. The lowest BCUT2D eigenvalue weighted by Gasteiger charge is -2.05. The van der Waals surface area contributed by atoms with Crippen molar-refractivity contribution >= 4 is 28.5 Å². The van der Waals surface area contributed by atoms with Crippen LogP contribution in [0.25, 0.3) is 16.7 Å². The van der Waals surface area contributed by atoms with Gasteiger partial charge in [0.1, 0.15) is 5.82 Å². The van der Waals surface area contributed by atoms with Crippen LogP contribution in [0.2, 0.25) is 5.02 Å². The number of nitrogens with one attached hydrogen (secondary N) is 1. The fraction of sp³-hybridized carbons (Fsp3) is 0.167. The number of aromatic nitrogens is 4. The monoisotopic (exact) mass is 315 g/mol. The number of benzene rings is 1. The summed E-state index contributed by atoms with van der Waals surface area (Å²) in [5, 5.41) is 9.89. The van der Waals surface area contributed by atoms with Gasteiger partial charge in [-0.25, -0.2) is 4.68 Å². The Hall–Kier alpha value is -2.22. The van der Waals surface area contributed by atoms with Gasteiger partial charge in [-0.3, -0.25) is 5.10 Å². The molecule has 0 saturated heterocycles. The lowest BCUT2D eigenvalue weighted by Crippen LogP contribution is -2.08. The van der Waals surface area contributed by atoms with Gasteiger partial charge >= 0.3 is 6.18 Å². The first-order chi connectivity index (χ1) is 9.79. The predicted molar refractivity (Wildman–Crippen MR) is 72.4 cm³/mol. The number of H-pyrrole nitrogens is 1. The zero-order valence-electron chi connectivity index (χ0n) is 10.7. The zero-order valence-corrected chi connectivity index (χ0v) is 11.4. The van der Waals surface area contributed by atoms with Gasteiger partial charge in [0.15, 0.2) is 11.3 Å². The minimum atomic E-state index is -4.63. The van der Waals surface area contributed by atoms with E-state index in [1.165, 1.54) is 6.07 Å². The maximum atomic E-state index is 13.0. The van der Waals surface area contributed by atoms with Gasteiger partial charge in [0, 0.05) is 5.02 Å². The summed E-state index contributed by atoms with van der Waals surface area (Å²) in [6.07, 6.45) is -4.63. The smallest absolute Gasteiger partial charge is 0.383 e. The molecule has 3 N–H and O–H groups in total. The van der Waals surface area contributed by atoms with E-state index in [2.05, 4.69) is 15.3 Å². The Kier molecular flexibility index (Phi) is 2.87. The minimum Gasteiger partial charge on any atom is -0.383 e. The van der Waals surface area contributed by atoms with Crippen LogP contribution in [0.5, 0.6) is 0 Å². The summed E-state index contributed by atoms with van der Waals surface area (Å²) in [6, 6.07) is 4.82. The van der Waals surface area contributed by atoms with E-state index in [0.717, 1.165) is 10.2 Å². The molecule has 0 amide bonds. The van der Waals surface area contributed by atoms with Gasteiger partial charge in [0.05, 0.1) is 11.1 Å². The van der Waals surface area contributed by atoms with Crippen molar-refractivity contribution in [2.24, 2.45) is 0 Å². The molecule has 0 unspecified atom stereocenters. The molecule has 3 rings (SSSR count). The lowest BCUT2D eigenvalue weighted by atomic mass is 10.2. The molecular formula is C12H9ClF3N5. The third-order valence-corrected chi connectivity index (χ3v) is 3.49. The van der Waals surface area contributed by atoms with Crippen molar-refractivity contribution in [1.29, 1.82) is 0 Å². The quantitative estimate of drug-likeness (QED) is 0.723. The number of alkyl halides is 3. The number of nitrogens with two attached hydrogens (primary N) is 1. The van der Waals surface area contributed by atoms with Gasteiger partial charge < -0.3 is 5.73 Å². The molecule has 3 aromatic rings. The number of halogens is 4. The van der Waals surface area contributed by atoms with E-state index in [0.29, 0.717) is 10.7 Å². The van der Waals surface area contributed by atoms with Crippen LogP contribution in [0, 0.1) is 6.92 Å². The molecule has 0 atom stereocenters. The second-order valence-electron chi connectivity index (χ2n) is 4.53. The molecule has 1 aromatic carbocycles. The Labute approximate surface area is 121 Å². The summed E-state index contributed by atoms with van der Waals surface area (Å²) >= 11 is 6.00. The molecule has 0 aliphatic carbocycles. The van der Waals surface area contributed by atoms with E-state index in [-0.39, 0.29) is 16.9 Å². The SMILES string of the molecule is Cc1ccc(-n2nc(C(F)(F)F)c3c(N)[nH]nc32)cc1Cl. The normalized spacial score (nSPS) is 12.2. The Morgan fingerprint density at radius 1 is 1.33 bits per heavy atom. The largest absolute Gasteiger partial charge is 0.436 e. The summed E-state index contributed by atoms with van der Waals surface area (Å²) in [5.74, 6) is -0.179. The molecule has 0 aliphatic heterocycles. The summed E-state index contributed by atoms with van der Waals surface area (Å²) in [5.41, 5.74) is 5.62. The molecule has 110 valence electrons. The van der Waals surface area contributed by atoms with Crippen LogP contribution < -0.4 is 5.73 Å². The average molecular weight is 316 g/mol. The maximum absolute atomic E-state index is 13.0. The van der Waals surface area contributed by atoms with E-state index < -0.39 is 11.9 Å². The van der Waals surface area contributed by atoms with Crippen LogP contribution in [-0.2, 0) is 6.18 Å². The van der Waals surface area contributed by atoms with Gasteiger partial charge in [-0.15, -0.1) is 0 Å². The average Bonchev–Trinajstić information content (AvgIpc) is 2.94. The van der Waals surface area contributed by atoms with Crippen LogP contribution >= 0.6 is 11.6 Å². The zero-order chi connectivity index (χ0) is 15.4. The first kappa shape index (κ1) is 13.7. The summed E-state index contributed by atoms with van der Waals surface area (Å²) in [7, 11) is 0. The third kappa shape index (κ3) is 2.11. The van der Waals surface area contributed by atoms with Crippen LogP contribution in [0.1, 0.15) is 11.3 Å². The Morgan fingerprint density at radius 2 is 2.05 bits per heavy atom. The number of nitrogen functional groups attached to an aromatic ring is 1. The third-order valence-electron chi connectivity index (χ3n) is 3.08. The number of aryl methyl sites for hydroxylation is 1. The number of aromatic amines is 1. The molecule has 0 fully saturated rings. The van der Waals surface area contributed by atoms with Gasteiger partial charge in [-0.1, -0.05) is 17.7 Å². The van der Waals surface area contributed by atoms with E-state index >= 15 is 0 Å². The predicted octanol–water partition coefficient (Wildman–Crippen LogP) is 3.31. The van der Waals surface area contributed by atoms with Crippen molar-refractivity contribution in [2.45, 2.75) is 13.1 Å². The van der Waals surface area contributed by atoms with Crippen LogP contribution in [0.15, 0.2) is 18.2 Å².